The number of carbonyl (C=O) groups excluding carboxylic acids is 1. The maximum atomic E-state index is 12.5. The number of nitrogens with zero attached hydrogens (tertiary/aromatic N) is 1. The normalized spacial score (nSPS) is 14.2. The van der Waals surface area contributed by atoms with Gasteiger partial charge in [0.05, 0.1) is 14.1 Å². The summed E-state index contributed by atoms with van der Waals surface area (Å²) in [6.45, 7) is 4.56. The molecule has 3 N–H and O–H groups in total. The maximum Gasteiger partial charge on any atom is 0.158 e. The summed E-state index contributed by atoms with van der Waals surface area (Å²) in [5.74, 6) is 0.113. The number of carbonyl (C=O) groups is 1. The van der Waals surface area contributed by atoms with Crippen LogP contribution in [-0.4, -0.2) is 41.8 Å². The average molecular weight is 429 g/mol. The Balaban J connectivity index is 0. The van der Waals surface area contributed by atoms with Gasteiger partial charge in [0, 0.05) is 6.42 Å². The minimum atomic E-state index is -4.94. The lowest BCUT2D eigenvalue weighted by Gasteiger charge is -2.32. The summed E-state index contributed by atoms with van der Waals surface area (Å²) in [7, 11) is -1.60. The van der Waals surface area contributed by atoms with Crippen molar-refractivity contribution in [2.45, 2.75) is 96.4 Å². The van der Waals surface area contributed by atoms with Crippen molar-refractivity contribution in [1.29, 1.82) is 0 Å². The predicted molar refractivity (Wildman–Crippen MR) is 97.4 cm³/mol. The van der Waals surface area contributed by atoms with E-state index >= 15 is 0 Å². The summed E-state index contributed by atoms with van der Waals surface area (Å²) >= 11 is 0. The van der Waals surface area contributed by atoms with Crippen molar-refractivity contribution >= 4 is 5.78 Å². The fourth-order valence-corrected chi connectivity index (χ4v) is 3.29. The van der Waals surface area contributed by atoms with E-state index in [0.717, 1.165) is 19.3 Å². The molecule has 0 bridgehead atoms. The van der Waals surface area contributed by atoms with Crippen LogP contribution >= 0.6 is 0 Å². The Kier molecular flexibility index (Phi) is 16.6. The molecule has 0 spiro atoms. The fraction of sp³-hybridized carbons (Fsp3) is 0.947. The summed E-state index contributed by atoms with van der Waals surface area (Å²) in [6.07, 6.45) is 13.3. The summed E-state index contributed by atoms with van der Waals surface area (Å²) < 4.78 is 33.7. The van der Waals surface area contributed by atoms with E-state index in [0.29, 0.717) is 12.8 Å². The maximum absolute atomic E-state index is 12.5. The van der Waals surface area contributed by atoms with Crippen molar-refractivity contribution in [3.8, 4) is 0 Å². The van der Waals surface area contributed by atoms with E-state index in [1.165, 1.54) is 44.9 Å². The number of likely N-dealkylation sites (N-methyl/N-ethyl adjacent to an activating group) is 1. The molecule has 0 aromatic carbocycles. The molecule has 1 atom stereocenters. The lowest BCUT2D eigenvalue weighted by atomic mass is 9.86. The van der Waals surface area contributed by atoms with E-state index in [4.69, 9.17) is 24.4 Å². The van der Waals surface area contributed by atoms with Crippen molar-refractivity contribution in [1.82, 2.24) is 0 Å². The van der Waals surface area contributed by atoms with Crippen LogP contribution in [0.25, 0.3) is 0 Å². The van der Waals surface area contributed by atoms with Crippen molar-refractivity contribution in [2.24, 2.45) is 5.73 Å². The Morgan fingerprint density at radius 2 is 1.29 bits per heavy atom. The van der Waals surface area contributed by atoms with Gasteiger partial charge in [-0.05, 0) is 12.8 Å². The zero-order valence-corrected chi connectivity index (χ0v) is 18.8. The highest BCUT2D eigenvalue weighted by Gasteiger charge is 2.38. The van der Waals surface area contributed by atoms with Crippen LogP contribution in [0.2, 0.25) is 0 Å². The highest BCUT2D eigenvalue weighted by Crippen LogP contribution is 2.19. The van der Waals surface area contributed by atoms with Crippen LogP contribution < -0.4 is 24.4 Å². The highest BCUT2D eigenvalue weighted by atomic mass is 35.7. The number of Topliss-reactive ketones (excluding diaryl/α,β-unsaturated/α-hetero) is 1. The molecular weight excluding hydrogens is 388 g/mol. The molecule has 0 rings (SSSR count). The van der Waals surface area contributed by atoms with Crippen LogP contribution in [-0.2, 0) is 4.79 Å². The number of hydroxylamine groups is 3. The average Bonchev–Trinajstić information content (AvgIpc) is 2.50. The quantitative estimate of drug-likeness (QED) is 0.205. The Bertz CT molecular complexity index is 393. The number of hydrogen-bond acceptors (Lipinski definition) is 7. The molecule has 0 radical (unpaired) electrons. The molecule has 0 aliphatic heterocycles. The van der Waals surface area contributed by atoms with Gasteiger partial charge in [0.25, 0.3) is 0 Å². The van der Waals surface area contributed by atoms with E-state index in [1.54, 1.807) is 14.1 Å². The van der Waals surface area contributed by atoms with Crippen molar-refractivity contribution < 1.29 is 43.5 Å². The molecule has 0 aliphatic carbocycles. The van der Waals surface area contributed by atoms with Crippen LogP contribution in [0.4, 0.5) is 0 Å². The minimum absolute atomic E-state index is 0.113. The number of unbranched alkanes of at least 4 members (excludes halogenated alkanes) is 8. The third-order valence-electron chi connectivity index (χ3n) is 4.43. The van der Waals surface area contributed by atoms with E-state index < -0.39 is 15.8 Å². The molecule has 0 saturated carbocycles. The Morgan fingerprint density at radius 3 is 1.64 bits per heavy atom. The van der Waals surface area contributed by atoms with Gasteiger partial charge in [-0.1, -0.05) is 71.6 Å². The van der Waals surface area contributed by atoms with Crippen molar-refractivity contribution in [3.05, 3.63) is 0 Å². The van der Waals surface area contributed by atoms with Crippen LogP contribution in [0, 0.1) is 10.2 Å². The first-order chi connectivity index (χ1) is 12.7. The fourth-order valence-electron chi connectivity index (χ4n) is 3.29. The second-order valence-corrected chi connectivity index (χ2v) is 8.82. The predicted octanol–water partition coefficient (Wildman–Crippen LogP) is -0.316. The summed E-state index contributed by atoms with van der Waals surface area (Å²) in [5.41, 5.74) is 5.44. The van der Waals surface area contributed by atoms with Crippen LogP contribution in [0.3, 0.4) is 0 Å². The van der Waals surface area contributed by atoms with Crippen LogP contribution in [0.15, 0.2) is 0 Å². The van der Waals surface area contributed by atoms with E-state index in [2.05, 4.69) is 6.92 Å². The standard InChI is InChI=1S/C19H41N2O2.ClHO4/c1-5-7-8-9-10-11-12-13-14-15-18(22)19(20,16-6-2)17-21(3,4)23;2-1(3,4)5/h23H,5-17,20H2,1-4H3;(H,2,3,4,5)/q+1;/p-1. The van der Waals surface area contributed by atoms with Gasteiger partial charge in [0.2, 0.25) is 0 Å². The van der Waals surface area contributed by atoms with Gasteiger partial charge in [-0.25, -0.2) is 23.8 Å². The third kappa shape index (κ3) is 22.0. The second-order valence-electron chi connectivity index (χ2n) is 8.06. The summed E-state index contributed by atoms with van der Waals surface area (Å²) in [5, 5.41) is 9.96. The molecule has 0 saturated heterocycles. The van der Waals surface area contributed by atoms with Gasteiger partial charge in [-0.3, -0.25) is 4.79 Å². The molecule has 1 unspecified atom stereocenters. The van der Waals surface area contributed by atoms with Gasteiger partial charge < -0.3 is 5.73 Å². The SMILES string of the molecule is CCCCCCCCCCCC(=O)C(N)(CCC)C[N+](C)(C)O.[O-][Cl+3]([O-])([O-])[O-]. The highest BCUT2D eigenvalue weighted by molar-refractivity contribution is 5.88. The van der Waals surface area contributed by atoms with Crippen molar-refractivity contribution in [2.75, 3.05) is 20.6 Å². The lowest BCUT2D eigenvalue weighted by Crippen LogP contribution is -2.68. The van der Waals surface area contributed by atoms with Gasteiger partial charge in [-0.2, -0.15) is 4.65 Å². The largest absolute Gasteiger partial charge is 0.314 e. The Labute approximate surface area is 172 Å². The van der Waals surface area contributed by atoms with Crippen LogP contribution in [0.5, 0.6) is 0 Å². The number of hydrogen-bond donors (Lipinski definition) is 2. The summed E-state index contributed by atoms with van der Waals surface area (Å²) in [6, 6.07) is 0. The minimum Gasteiger partial charge on any atom is -0.314 e. The third-order valence-corrected chi connectivity index (χ3v) is 4.43. The second kappa shape index (κ2) is 15.5. The smallest absolute Gasteiger partial charge is 0.158 e. The first-order valence-corrected chi connectivity index (χ1v) is 11.5. The molecular formula is C19H41ClN2O6. The van der Waals surface area contributed by atoms with Crippen molar-refractivity contribution in [3.63, 3.8) is 0 Å². The molecule has 28 heavy (non-hydrogen) atoms. The topological polar surface area (TPSA) is 156 Å². The molecule has 0 fully saturated rings. The van der Waals surface area contributed by atoms with Crippen LogP contribution in [0.1, 0.15) is 90.9 Å². The molecule has 170 valence electrons. The molecule has 0 heterocycles. The first-order valence-electron chi connectivity index (χ1n) is 10.2. The number of halogens is 1. The summed E-state index contributed by atoms with van der Waals surface area (Å²) in [4.78, 5) is 12.5. The lowest BCUT2D eigenvalue weighted by molar-refractivity contribution is -2.00. The first kappa shape index (κ1) is 29.9. The Hall–Kier alpha value is -0.320. The van der Waals surface area contributed by atoms with Gasteiger partial charge in [-0.15, -0.1) is 10.2 Å². The number of quaternary nitrogens is 1. The van der Waals surface area contributed by atoms with Gasteiger partial charge in [0.1, 0.15) is 12.1 Å². The molecule has 0 aromatic rings. The molecule has 0 aromatic heterocycles. The molecule has 0 amide bonds. The van der Waals surface area contributed by atoms with E-state index in [-0.39, 0.29) is 17.0 Å². The Morgan fingerprint density at radius 1 is 0.893 bits per heavy atom. The van der Waals surface area contributed by atoms with Gasteiger partial charge in [0.15, 0.2) is 5.78 Å². The number of ketones is 1. The molecule has 9 heteroatoms. The molecule has 8 nitrogen and oxygen atoms in total. The monoisotopic (exact) mass is 428 g/mol. The zero-order chi connectivity index (χ0) is 22.3. The zero-order valence-electron chi connectivity index (χ0n) is 18.1. The van der Waals surface area contributed by atoms with E-state index in [1.807, 2.05) is 6.92 Å². The van der Waals surface area contributed by atoms with E-state index in [9.17, 15) is 10.0 Å². The number of rotatable bonds is 15. The number of nitrogens with two attached hydrogens (primary N) is 1. The van der Waals surface area contributed by atoms with Gasteiger partial charge >= 0.3 is 0 Å². The molecule has 0 aliphatic rings.